The molecule has 0 saturated carbocycles. The van der Waals surface area contributed by atoms with Crippen LogP contribution in [0.2, 0.25) is 0 Å². The lowest BCUT2D eigenvalue weighted by atomic mass is 10.1. The summed E-state index contributed by atoms with van der Waals surface area (Å²) in [6.45, 7) is 1.76. The number of nitrogens with two attached hydrogens (primary N) is 1. The van der Waals surface area contributed by atoms with Crippen LogP contribution in [0.5, 0.6) is 0 Å². The first-order valence-corrected chi connectivity index (χ1v) is 10.4. The van der Waals surface area contributed by atoms with Crippen molar-refractivity contribution >= 4 is 50.6 Å². The van der Waals surface area contributed by atoms with E-state index >= 15 is 0 Å². The average Bonchev–Trinajstić information content (AvgIpc) is 3.21. The number of nitrogens with one attached hydrogen (secondary N) is 2. The van der Waals surface area contributed by atoms with Crippen LogP contribution in [0.25, 0.3) is 10.2 Å². The van der Waals surface area contributed by atoms with Crippen molar-refractivity contribution in [1.82, 2.24) is 9.97 Å². The summed E-state index contributed by atoms with van der Waals surface area (Å²) < 4.78 is 39.4. The van der Waals surface area contributed by atoms with Gasteiger partial charge in [0.2, 0.25) is 0 Å². The monoisotopic (exact) mass is 471 g/mol. The highest BCUT2D eigenvalue weighted by Crippen LogP contribution is 2.31. The van der Waals surface area contributed by atoms with Gasteiger partial charge in [-0.1, -0.05) is 12.1 Å². The van der Waals surface area contributed by atoms with Crippen molar-refractivity contribution in [2.45, 2.75) is 13.1 Å². The van der Waals surface area contributed by atoms with E-state index in [9.17, 15) is 22.8 Å². The van der Waals surface area contributed by atoms with Gasteiger partial charge >= 0.3 is 6.18 Å². The maximum atomic E-state index is 12.9. The molecular formula is C22H16F3N5O2S. The summed E-state index contributed by atoms with van der Waals surface area (Å²) in [5.41, 5.74) is 6.95. The van der Waals surface area contributed by atoms with Crippen molar-refractivity contribution in [3.8, 4) is 0 Å². The van der Waals surface area contributed by atoms with Crippen LogP contribution in [0, 0.1) is 6.92 Å². The number of nitrogens with zero attached hydrogens (tertiary/aromatic N) is 2. The van der Waals surface area contributed by atoms with Gasteiger partial charge in [0.1, 0.15) is 12.1 Å². The second kappa shape index (κ2) is 8.51. The largest absolute Gasteiger partial charge is 0.416 e. The highest BCUT2D eigenvalue weighted by atomic mass is 32.1. The molecule has 2 heterocycles. The van der Waals surface area contributed by atoms with Crippen LogP contribution in [-0.2, 0) is 6.18 Å². The average molecular weight is 471 g/mol. The first kappa shape index (κ1) is 22.2. The molecule has 2 amide bonds. The van der Waals surface area contributed by atoms with E-state index in [2.05, 4.69) is 20.6 Å². The van der Waals surface area contributed by atoms with Crippen molar-refractivity contribution in [2.75, 3.05) is 16.4 Å². The Kier molecular flexibility index (Phi) is 5.73. The van der Waals surface area contributed by atoms with Crippen molar-refractivity contribution in [3.63, 3.8) is 0 Å². The van der Waals surface area contributed by atoms with Gasteiger partial charge in [0.25, 0.3) is 11.8 Å². The molecule has 0 aliphatic carbocycles. The van der Waals surface area contributed by atoms with Gasteiger partial charge in [0.15, 0.2) is 0 Å². The molecule has 0 atom stereocenters. The quantitative estimate of drug-likeness (QED) is 0.383. The third kappa shape index (κ3) is 4.62. The topological polar surface area (TPSA) is 110 Å². The number of fused-ring (bicyclic) bond motifs is 1. The molecule has 2 aromatic carbocycles. The molecule has 2 aromatic heterocycles. The fraction of sp³-hybridized carbons (Fsp3) is 0.0909. The molecule has 0 fully saturated rings. The summed E-state index contributed by atoms with van der Waals surface area (Å²) in [4.78, 5) is 33.4. The van der Waals surface area contributed by atoms with Gasteiger partial charge in [-0.2, -0.15) is 13.2 Å². The molecule has 0 saturated heterocycles. The Bertz CT molecular complexity index is 1380. The zero-order chi connectivity index (χ0) is 23.8. The van der Waals surface area contributed by atoms with Gasteiger partial charge in [-0.3, -0.25) is 9.59 Å². The highest BCUT2D eigenvalue weighted by Gasteiger charge is 2.31. The maximum Gasteiger partial charge on any atom is 0.416 e. The molecule has 4 aromatic rings. The normalized spacial score (nSPS) is 11.4. The van der Waals surface area contributed by atoms with Gasteiger partial charge in [0.05, 0.1) is 21.3 Å². The Morgan fingerprint density at radius 2 is 1.82 bits per heavy atom. The lowest BCUT2D eigenvalue weighted by Crippen LogP contribution is -2.15. The van der Waals surface area contributed by atoms with E-state index < -0.39 is 23.6 Å². The molecule has 168 valence electrons. The van der Waals surface area contributed by atoms with Crippen LogP contribution in [0.15, 0.2) is 54.2 Å². The number of halogens is 3. The first-order valence-electron chi connectivity index (χ1n) is 9.52. The zero-order valence-corrected chi connectivity index (χ0v) is 17.8. The number of nitrogen functional groups attached to an aromatic ring is 1. The number of alkyl halides is 3. The van der Waals surface area contributed by atoms with E-state index in [0.717, 1.165) is 12.1 Å². The molecule has 7 nitrogen and oxygen atoms in total. The molecule has 4 N–H and O–H groups in total. The number of hydrogen-bond acceptors (Lipinski definition) is 6. The molecule has 4 rings (SSSR count). The summed E-state index contributed by atoms with van der Waals surface area (Å²) in [5, 5.41) is 6.95. The molecule has 0 aliphatic rings. The summed E-state index contributed by atoms with van der Waals surface area (Å²) >= 11 is 1.25. The third-order valence-electron chi connectivity index (χ3n) is 4.82. The molecule has 0 aliphatic heterocycles. The van der Waals surface area contributed by atoms with Crippen LogP contribution in [0.4, 0.5) is 30.4 Å². The minimum Gasteiger partial charge on any atom is -0.382 e. The number of thiophene rings is 1. The Balaban J connectivity index is 1.55. The number of carbonyl (C=O) groups is 2. The number of aryl methyl sites for hydroxylation is 1. The maximum absolute atomic E-state index is 12.9. The van der Waals surface area contributed by atoms with Crippen molar-refractivity contribution in [1.29, 1.82) is 0 Å². The molecule has 11 heteroatoms. The molecular weight excluding hydrogens is 455 g/mol. The van der Waals surface area contributed by atoms with Crippen LogP contribution < -0.4 is 16.4 Å². The predicted molar refractivity (Wildman–Crippen MR) is 120 cm³/mol. The third-order valence-corrected chi connectivity index (χ3v) is 5.81. The molecule has 0 radical (unpaired) electrons. The standard InChI is InChI=1S/C22H16F3N5O2S/c1-11-5-6-14(29-20(31)12-3-2-4-13(7-12)22(23,24)25)8-16(11)30-21(32)15-9-33-18-17(15)27-10-28-19(18)26/h2-10H,1H3,(H,29,31)(H,30,32)(H2,26,27,28). The number of hydrogen-bond donors (Lipinski definition) is 3. The predicted octanol–water partition coefficient (Wildman–Crippen LogP) is 5.11. The number of amides is 2. The fourth-order valence-electron chi connectivity index (χ4n) is 3.09. The van der Waals surface area contributed by atoms with Crippen LogP contribution in [0.1, 0.15) is 31.8 Å². The van der Waals surface area contributed by atoms with E-state index in [0.29, 0.717) is 32.7 Å². The van der Waals surface area contributed by atoms with Gasteiger partial charge < -0.3 is 16.4 Å². The number of carbonyl (C=O) groups excluding carboxylic acids is 2. The van der Waals surface area contributed by atoms with Crippen molar-refractivity contribution in [2.24, 2.45) is 0 Å². The molecule has 33 heavy (non-hydrogen) atoms. The highest BCUT2D eigenvalue weighted by molar-refractivity contribution is 7.18. The smallest absolute Gasteiger partial charge is 0.382 e. The lowest BCUT2D eigenvalue weighted by molar-refractivity contribution is -0.137. The summed E-state index contributed by atoms with van der Waals surface area (Å²) in [5.74, 6) is -0.860. The Labute approximate surface area is 189 Å². The Morgan fingerprint density at radius 3 is 2.58 bits per heavy atom. The van der Waals surface area contributed by atoms with Gasteiger partial charge in [0, 0.05) is 22.3 Å². The Hall–Kier alpha value is -3.99. The van der Waals surface area contributed by atoms with Gasteiger partial charge in [-0.15, -0.1) is 11.3 Å². The molecule has 0 spiro atoms. The van der Waals surface area contributed by atoms with E-state index in [4.69, 9.17) is 5.73 Å². The lowest BCUT2D eigenvalue weighted by Gasteiger charge is -2.12. The second-order valence-corrected chi connectivity index (χ2v) is 7.98. The number of anilines is 3. The van der Waals surface area contributed by atoms with Crippen LogP contribution in [0.3, 0.4) is 0 Å². The second-order valence-electron chi connectivity index (χ2n) is 7.10. The minimum absolute atomic E-state index is 0.141. The minimum atomic E-state index is -4.56. The summed E-state index contributed by atoms with van der Waals surface area (Å²) in [6, 6.07) is 8.91. The Morgan fingerprint density at radius 1 is 1.03 bits per heavy atom. The zero-order valence-electron chi connectivity index (χ0n) is 17.0. The van der Waals surface area contributed by atoms with E-state index in [1.54, 1.807) is 24.4 Å². The first-order chi connectivity index (χ1) is 15.6. The summed E-state index contributed by atoms with van der Waals surface area (Å²) in [6.07, 6.45) is -3.28. The number of benzene rings is 2. The molecule has 0 bridgehead atoms. The van der Waals surface area contributed by atoms with Crippen LogP contribution >= 0.6 is 11.3 Å². The van der Waals surface area contributed by atoms with Crippen molar-refractivity contribution < 1.29 is 22.8 Å². The van der Waals surface area contributed by atoms with Gasteiger partial charge in [-0.25, -0.2) is 9.97 Å². The molecule has 0 unspecified atom stereocenters. The van der Waals surface area contributed by atoms with Crippen LogP contribution in [-0.4, -0.2) is 21.8 Å². The number of aromatic nitrogens is 2. The van der Waals surface area contributed by atoms with E-state index in [1.165, 1.54) is 35.9 Å². The summed E-state index contributed by atoms with van der Waals surface area (Å²) in [7, 11) is 0. The van der Waals surface area contributed by atoms with E-state index in [-0.39, 0.29) is 11.4 Å². The van der Waals surface area contributed by atoms with Crippen molar-refractivity contribution in [3.05, 3.63) is 76.4 Å². The number of rotatable bonds is 4. The fourth-order valence-corrected chi connectivity index (χ4v) is 4.00. The van der Waals surface area contributed by atoms with Gasteiger partial charge in [-0.05, 0) is 42.8 Å². The van der Waals surface area contributed by atoms with E-state index in [1.807, 2.05) is 0 Å². The SMILES string of the molecule is Cc1ccc(NC(=O)c2cccc(C(F)(F)F)c2)cc1NC(=O)c1csc2c(N)ncnc12.